The minimum absolute atomic E-state index is 0.918. The summed E-state index contributed by atoms with van der Waals surface area (Å²) in [6.07, 6.45) is 0. The van der Waals surface area contributed by atoms with Gasteiger partial charge in [-0.1, -0.05) is 176 Å². The molecular weight excluding hydrogens is 629 g/mol. The van der Waals surface area contributed by atoms with Crippen molar-refractivity contribution in [1.82, 2.24) is 9.97 Å². The molecule has 0 fully saturated rings. The van der Waals surface area contributed by atoms with Crippen LogP contribution in [-0.2, 0) is 0 Å². The van der Waals surface area contributed by atoms with Crippen LogP contribution in [0, 0.1) is 0 Å². The summed E-state index contributed by atoms with van der Waals surface area (Å²) in [4.78, 5) is 10.3. The van der Waals surface area contributed by atoms with Gasteiger partial charge in [0.2, 0.25) is 0 Å². The number of hydrogen-bond donors (Lipinski definition) is 0. The van der Waals surface area contributed by atoms with Gasteiger partial charge in [0, 0.05) is 21.9 Å². The second-order valence-electron chi connectivity index (χ2n) is 13.3. The summed E-state index contributed by atoms with van der Waals surface area (Å²) >= 11 is 0. The Labute approximate surface area is 302 Å². The van der Waals surface area contributed by atoms with Gasteiger partial charge in [0.25, 0.3) is 0 Å². The number of benzene rings is 8. The Morgan fingerprint density at radius 1 is 0.250 bits per heavy atom. The fourth-order valence-electron chi connectivity index (χ4n) is 7.72. The smallest absolute Gasteiger partial charge is 0.0972 e. The van der Waals surface area contributed by atoms with Crippen molar-refractivity contribution in [1.29, 1.82) is 0 Å². The zero-order chi connectivity index (χ0) is 34.4. The summed E-state index contributed by atoms with van der Waals surface area (Å²) in [7, 11) is 0. The Hall–Kier alpha value is -6.90. The SMILES string of the molecule is c1ccc(-c2ccc3ccc4ccc(-c5ccc(-c6ccc7c(-c8ccccc8)c8ccccc8c(-c8ccccc8)c7c6)cc5)nc4c3n2)cc1. The van der Waals surface area contributed by atoms with E-state index in [1.807, 2.05) is 18.2 Å². The fraction of sp³-hybridized carbons (Fsp3) is 0. The highest BCUT2D eigenvalue weighted by atomic mass is 14.8. The Balaban J connectivity index is 1.10. The Morgan fingerprint density at radius 2 is 0.635 bits per heavy atom. The second kappa shape index (κ2) is 12.5. The van der Waals surface area contributed by atoms with Crippen LogP contribution in [0.2, 0.25) is 0 Å². The fourth-order valence-corrected chi connectivity index (χ4v) is 7.72. The summed E-state index contributed by atoms with van der Waals surface area (Å²) < 4.78 is 0. The molecule has 0 aliphatic heterocycles. The lowest BCUT2D eigenvalue weighted by Gasteiger charge is -2.18. The number of aromatic nitrogens is 2. The minimum Gasteiger partial charge on any atom is -0.245 e. The molecule has 0 bridgehead atoms. The van der Waals surface area contributed by atoms with Crippen LogP contribution in [0.15, 0.2) is 194 Å². The van der Waals surface area contributed by atoms with Gasteiger partial charge in [0.1, 0.15) is 0 Å². The van der Waals surface area contributed by atoms with E-state index in [1.165, 1.54) is 54.9 Å². The molecule has 52 heavy (non-hydrogen) atoms. The van der Waals surface area contributed by atoms with Gasteiger partial charge in [-0.05, 0) is 73.1 Å². The molecule has 2 heterocycles. The van der Waals surface area contributed by atoms with Crippen molar-refractivity contribution < 1.29 is 0 Å². The van der Waals surface area contributed by atoms with Crippen molar-refractivity contribution in [3.63, 3.8) is 0 Å². The van der Waals surface area contributed by atoms with Gasteiger partial charge in [0.15, 0.2) is 0 Å². The quantitative estimate of drug-likeness (QED) is 0.136. The molecule has 0 amide bonds. The van der Waals surface area contributed by atoms with E-state index in [0.717, 1.165) is 44.3 Å². The van der Waals surface area contributed by atoms with E-state index in [4.69, 9.17) is 9.97 Å². The van der Waals surface area contributed by atoms with Crippen LogP contribution in [-0.4, -0.2) is 9.97 Å². The Morgan fingerprint density at radius 3 is 1.17 bits per heavy atom. The van der Waals surface area contributed by atoms with Gasteiger partial charge >= 0.3 is 0 Å². The van der Waals surface area contributed by atoms with Gasteiger partial charge in [-0.3, -0.25) is 0 Å². The Bertz CT molecular complexity index is 2920. The summed E-state index contributed by atoms with van der Waals surface area (Å²) in [5.74, 6) is 0. The van der Waals surface area contributed by atoms with Crippen molar-refractivity contribution >= 4 is 43.4 Å². The van der Waals surface area contributed by atoms with Gasteiger partial charge in [-0.15, -0.1) is 0 Å². The van der Waals surface area contributed by atoms with Crippen LogP contribution < -0.4 is 0 Å². The van der Waals surface area contributed by atoms with Crippen molar-refractivity contribution in [3.8, 4) is 55.9 Å². The molecule has 0 N–H and O–H groups in total. The summed E-state index contributed by atoms with van der Waals surface area (Å²) in [6, 6.07) is 69.3. The first-order valence-corrected chi connectivity index (χ1v) is 17.7. The monoisotopic (exact) mass is 660 g/mol. The van der Waals surface area contributed by atoms with Crippen LogP contribution in [0.3, 0.4) is 0 Å². The first-order valence-electron chi connectivity index (χ1n) is 17.7. The second-order valence-corrected chi connectivity index (χ2v) is 13.3. The average Bonchev–Trinajstić information content (AvgIpc) is 3.23. The van der Waals surface area contributed by atoms with Crippen molar-refractivity contribution in [3.05, 3.63) is 194 Å². The lowest BCUT2D eigenvalue weighted by atomic mass is 9.85. The molecule has 2 aromatic heterocycles. The molecule has 0 atom stereocenters. The summed E-state index contributed by atoms with van der Waals surface area (Å²) in [5.41, 5.74) is 13.2. The third-order valence-electron chi connectivity index (χ3n) is 10.3. The number of pyridine rings is 2. The average molecular weight is 661 g/mol. The lowest BCUT2D eigenvalue weighted by Crippen LogP contribution is -1.92. The molecule has 10 rings (SSSR count). The van der Waals surface area contributed by atoms with E-state index in [1.54, 1.807) is 0 Å². The topological polar surface area (TPSA) is 25.8 Å². The van der Waals surface area contributed by atoms with E-state index in [0.29, 0.717) is 0 Å². The normalized spacial score (nSPS) is 11.5. The maximum absolute atomic E-state index is 5.20. The molecule has 0 saturated carbocycles. The highest BCUT2D eigenvalue weighted by Crippen LogP contribution is 2.44. The molecule has 0 spiro atoms. The molecule has 2 nitrogen and oxygen atoms in total. The van der Waals surface area contributed by atoms with E-state index in [9.17, 15) is 0 Å². The molecule has 10 aromatic rings. The standard InChI is InChI=1S/C50H32N2/c1-4-12-34(13-5-1)45-30-27-38-24-25-39-28-31-46(52-50(39)49(38)51-45)35-22-20-33(21-23-35)40-26-29-43-44(32-40)48(37-16-8-3-9-17-37)42-19-11-10-18-41(42)47(43)36-14-6-2-7-15-36/h1-32H. The van der Waals surface area contributed by atoms with Gasteiger partial charge in [-0.2, -0.15) is 0 Å². The maximum Gasteiger partial charge on any atom is 0.0972 e. The minimum atomic E-state index is 0.918. The summed E-state index contributed by atoms with van der Waals surface area (Å²) in [5, 5.41) is 7.18. The molecular formula is C50H32N2. The van der Waals surface area contributed by atoms with E-state index < -0.39 is 0 Å². The summed E-state index contributed by atoms with van der Waals surface area (Å²) in [6.45, 7) is 0. The highest BCUT2D eigenvalue weighted by Gasteiger charge is 2.17. The zero-order valence-electron chi connectivity index (χ0n) is 28.4. The lowest BCUT2D eigenvalue weighted by molar-refractivity contribution is 1.36. The molecule has 0 aliphatic rings. The molecule has 2 heteroatoms. The molecule has 0 aliphatic carbocycles. The van der Waals surface area contributed by atoms with Crippen LogP contribution in [0.1, 0.15) is 0 Å². The van der Waals surface area contributed by atoms with E-state index >= 15 is 0 Å². The van der Waals surface area contributed by atoms with Crippen LogP contribution in [0.5, 0.6) is 0 Å². The first kappa shape index (κ1) is 30.0. The van der Waals surface area contributed by atoms with E-state index in [2.05, 4.69) is 176 Å². The largest absolute Gasteiger partial charge is 0.245 e. The van der Waals surface area contributed by atoms with Crippen LogP contribution in [0.4, 0.5) is 0 Å². The van der Waals surface area contributed by atoms with Crippen LogP contribution >= 0.6 is 0 Å². The third kappa shape index (κ3) is 5.12. The van der Waals surface area contributed by atoms with Crippen molar-refractivity contribution in [2.75, 3.05) is 0 Å². The number of rotatable bonds is 5. The predicted octanol–water partition coefficient (Wildman–Crippen LogP) is 13.4. The van der Waals surface area contributed by atoms with Gasteiger partial charge in [-0.25, -0.2) is 9.97 Å². The molecule has 0 unspecified atom stereocenters. The van der Waals surface area contributed by atoms with E-state index in [-0.39, 0.29) is 0 Å². The van der Waals surface area contributed by atoms with Crippen molar-refractivity contribution in [2.24, 2.45) is 0 Å². The molecule has 0 saturated heterocycles. The first-order chi connectivity index (χ1) is 25.8. The third-order valence-corrected chi connectivity index (χ3v) is 10.3. The molecule has 8 aromatic carbocycles. The van der Waals surface area contributed by atoms with Gasteiger partial charge < -0.3 is 0 Å². The molecule has 0 radical (unpaired) electrons. The maximum atomic E-state index is 5.20. The number of fused-ring (bicyclic) bond motifs is 5. The Kier molecular flexibility index (Phi) is 7.18. The molecule has 242 valence electrons. The number of nitrogens with zero attached hydrogens (tertiary/aromatic N) is 2. The van der Waals surface area contributed by atoms with Crippen molar-refractivity contribution in [2.45, 2.75) is 0 Å². The van der Waals surface area contributed by atoms with Crippen LogP contribution in [0.25, 0.3) is 99.2 Å². The zero-order valence-corrected chi connectivity index (χ0v) is 28.4. The number of hydrogen-bond acceptors (Lipinski definition) is 2. The van der Waals surface area contributed by atoms with Gasteiger partial charge in [0.05, 0.1) is 22.4 Å². The predicted molar refractivity (Wildman–Crippen MR) is 219 cm³/mol. The highest BCUT2D eigenvalue weighted by molar-refractivity contribution is 6.22.